The van der Waals surface area contributed by atoms with Gasteiger partial charge in [0.1, 0.15) is 0 Å². The van der Waals surface area contributed by atoms with Gasteiger partial charge in [-0.1, -0.05) is 42.2 Å². The first-order valence-electron chi connectivity index (χ1n) is 9.64. The van der Waals surface area contributed by atoms with Gasteiger partial charge in [0.15, 0.2) is 0 Å². The van der Waals surface area contributed by atoms with Gasteiger partial charge in [0.25, 0.3) is 5.66 Å². The molecule has 2 N–H and O–H groups in total. The molecule has 0 fully saturated rings. The van der Waals surface area contributed by atoms with Crippen molar-refractivity contribution < 1.29 is 13.6 Å². The molecular weight excluding hydrogens is 379 g/mol. The van der Waals surface area contributed by atoms with Gasteiger partial charge >= 0.3 is 0 Å². The van der Waals surface area contributed by atoms with Gasteiger partial charge in [0, 0.05) is 30.3 Å². The maximum absolute atomic E-state index is 13.2. The minimum absolute atomic E-state index is 0.0830. The monoisotopic (exact) mass is 415 g/mol. The number of aliphatic imine (C=N–C) groups is 1. The largest absolute Gasteiger partial charge is 0.346 e. The zero-order chi connectivity index (χ0) is 21.9. The summed E-state index contributed by atoms with van der Waals surface area (Å²) < 4.78 is 26.3. The van der Waals surface area contributed by atoms with Crippen molar-refractivity contribution in [2.24, 2.45) is 16.8 Å². The topological polar surface area (TPSA) is 53.5 Å². The van der Waals surface area contributed by atoms with Crippen molar-refractivity contribution >= 4 is 20.9 Å². The van der Waals surface area contributed by atoms with Crippen molar-refractivity contribution in [1.82, 2.24) is 10.6 Å². The van der Waals surface area contributed by atoms with E-state index >= 15 is 0 Å². The van der Waals surface area contributed by atoms with Crippen molar-refractivity contribution in [2.45, 2.75) is 52.2 Å². The lowest BCUT2D eigenvalue weighted by Crippen LogP contribution is -2.36. The van der Waals surface area contributed by atoms with Gasteiger partial charge in [-0.15, -0.1) is 6.58 Å². The molecule has 0 radical (unpaired) electrons. The average molecular weight is 416 g/mol. The third-order valence-corrected chi connectivity index (χ3v) is 5.08. The molecule has 28 heavy (non-hydrogen) atoms. The van der Waals surface area contributed by atoms with E-state index < -0.39 is 18.1 Å². The van der Waals surface area contributed by atoms with Gasteiger partial charge in [-0.25, -0.2) is 8.78 Å². The summed E-state index contributed by atoms with van der Waals surface area (Å²) in [5.74, 6) is -0.467. The Balaban J connectivity index is 6.07. The lowest BCUT2D eigenvalue weighted by atomic mass is 9.88. The van der Waals surface area contributed by atoms with Crippen molar-refractivity contribution in [2.75, 3.05) is 20.6 Å². The lowest BCUT2D eigenvalue weighted by Gasteiger charge is -2.23. The molecule has 0 saturated heterocycles. The molecule has 7 heteroatoms. The molecule has 0 aliphatic heterocycles. The van der Waals surface area contributed by atoms with Crippen molar-refractivity contribution in [3.8, 4) is 0 Å². The fourth-order valence-corrected chi connectivity index (χ4v) is 2.75. The SMILES string of the molecule is C=CCC=C(/C=C(/C(=O)NCC(F)(F)P)C(C)CC)/C(=N/C)C(C)C(C)NC. The van der Waals surface area contributed by atoms with Crippen molar-refractivity contribution in [1.29, 1.82) is 0 Å². The second-order valence-electron chi connectivity index (χ2n) is 7.01. The van der Waals surface area contributed by atoms with Crippen LogP contribution in [-0.2, 0) is 4.79 Å². The Morgan fingerprint density at radius 3 is 2.36 bits per heavy atom. The van der Waals surface area contributed by atoms with Gasteiger partial charge in [-0.2, -0.15) is 0 Å². The van der Waals surface area contributed by atoms with Gasteiger partial charge in [-0.3, -0.25) is 9.79 Å². The Kier molecular flexibility index (Phi) is 12.3. The first kappa shape index (κ1) is 26.6. The summed E-state index contributed by atoms with van der Waals surface area (Å²) >= 11 is 0. The number of allylic oxidation sites excluding steroid dienone is 4. The van der Waals surface area contributed by atoms with Crippen molar-refractivity contribution in [3.05, 3.63) is 36.0 Å². The minimum atomic E-state index is -3.04. The van der Waals surface area contributed by atoms with Crippen LogP contribution in [0.5, 0.6) is 0 Å². The molecule has 0 spiro atoms. The smallest absolute Gasteiger partial charge is 0.275 e. The summed E-state index contributed by atoms with van der Waals surface area (Å²) in [6.45, 7) is 11.0. The normalized spacial score (nSPS) is 17.1. The Bertz CT molecular complexity index is 609. The number of carbonyl (C=O) groups excluding carboxylic acids is 1. The first-order chi connectivity index (χ1) is 13.0. The Morgan fingerprint density at radius 2 is 1.93 bits per heavy atom. The molecule has 0 aromatic heterocycles. The predicted octanol–water partition coefficient (Wildman–Crippen LogP) is 4.36. The molecule has 0 rings (SSSR count). The molecule has 0 heterocycles. The fraction of sp³-hybridized carbons (Fsp3) is 0.619. The average Bonchev–Trinajstić information content (AvgIpc) is 2.65. The van der Waals surface area contributed by atoms with E-state index in [0.717, 1.165) is 11.3 Å². The van der Waals surface area contributed by atoms with E-state index in [1.54, 1.807) is 19.2 Å². The first-order valence-corrected chi connectivity index (χ1v) is 10.2. The highest BCUT2D eigenvalue weighted by atomic mass is 31.0. The van der Waals surface area contributed by atoms with Gasteiger partial charge in [-0.05, 0) is 44.4 Å². The van der Waals surface area contributed by atoms with Gasteiger partial charge < -0.3 is 10.6 Å². The molecule has 4 nitrogen and oxygen atoms in total. The van der Waals surface area contributed by atoms with Crippen LogP contribution in [0.25, 0.3) is 0 Å². The number of rotatable bonds is 12. The van der Waals surface area contributed by atoms with Crippen LogP contribution in [0, 0.1) is 11.8 Å². The fourth-order valence-electron chi connectivity index (χ4n) is 2.65. The van der Waals surface area contributed by atoms with Crippen LogP contribution in [0.1, 0.15) is 40.5 Å². The number of alkyl halides is 2. The number of hydrogen-bond donors (Lipinski definition) is 2. The second kappa shape index (κ2) is 12.9. The van der Waals surface area contributed by atoms with Crippen LogP contribution in [-0.4, -0.2) is 44.0 Å². The Hall–Kier alpha value is -1.39. The Morgan fingerprint density at radius 1 is 1.32 bits per heavy atom. The van der Waals surface area contributed by atoms with Crippen LogP contribution >= 0.6 is 9.24 Å². The summed E-state index contributed by atoms with van der Waals surface area (Å²) in [6.07, 6.45) is 6.85. The quantitative estimate of drug-likeness (QED) is 0.164. The van der Waals surface area contributed by atoms with Crippen LogP contribution in [0.15, 0.2) is 40.9 Å². The second-order valence-corrected chi connectivity index (χ2v) is 7.86. The van der Waals surface area contributed by atoms with E-state index in [2.05, 4.69) is 36.1 Å². The molecule has 4 unspecified atom stereocenters. The highest BCUT2D eigenvalue weighted by molar-refractivity contribution is 7.18. The number of nitrogens with one attached hydrogen (secondary N) is 2. The van der Waals surface area contributed by atoms with E-state index in [-0.39, 0.29) is 17.9 Å². The maximum Gasteiger partial charge on any atom is 0.275 e. The third-order valence-electron chi connectivity index (χ3n) is 4.88. The number of carbonyl (C=O) groups is 1. The number of amides is 1. The summed E-state index contributed by atoms with van der Waals surface area (Å²) in [6, 6.07) is 0.177. The molecule has 0 aliphatic rings. The summed E-state index contributed by atoms with van der Waals surface area (Å²) in [7, 11) is 5.05. The molecule has 0 bridgehead atoms. The van der Waals surface area contributed by atoms with E-state index in [0.29, 0.717) is 18.4 Å². The number of halogens is 2. The molecule has 0 aliphatic carbocycles. The molecule has 4 atom stereocenters. The van der Waals surface area contributed by atoms with Crippen LogP contribution in [0.4, 0.5) is 8.78 Å². The van der Waals surface area contributed by atoms with Crippen LogP contribution in [0.2, 0.25) is 0 Å². The number of hydrogen-bond acceptors (Lipinski definition) is 3. The molecule has 160 valence electrons. The number of nitrogens with zero attached hydrogens (tertiary/aromatic N) is 1. The Labute approximate surface area is 171 Å². The molecular formula is C21H36F2N3OP. The van der Waals surface area contributed by atoms with E-state index in [4.69, 9.17) is 0 Å². The van der Waals surface area contributed by atoms with Gasteiger partial charge in [0.2, 0.25) is 5.91 Å². The predicted molar refractivity (Wildman–Crippen MR) is 119 cm³/mol. The zero-order valence-corrected chi connectivity index (χ0v) is 19.1. The standard InChI is InChI=1S/C21H36F2N3OP/c1-8-10-11-17(19(25-7)15(4)16(5)24-6)12-18(14(3)9-2)20(27)26-13-21(22,23)28/h8,11-12,14-16,24H,1,9-10,13,28H2,2-7H3,(H,26,27)/b17-11?,18-12+,25-19+. The minimum Gasteiger partial charge on any atom is -0.346 e. The van der Waals surface area contributed by atoms with E-state index in [9.17, 15) is 13.6 Å². The van der Waals surface area contributed by atoms with Crippen molar-refractivity contribution in [3.63, 3.8) is 0 Å². The maximum atomic E-state index is 13.2. The lowest BCUT2D eigenvalue weighted by molar-refractivity contribution is -0.118. The summed E-state index contributed by atoms with van der Waals surface area (Å²) in [5.41, 5.74) is -0.892. The highest BCUT2D eigenvalue weighted by Gasteiger charge is 2.25. The molecule has 1 amide bonds. The van der Waals surface area contributed by atoms with E-state index in [1.165, 1.54) is 9.24 Å². The third kappa shape index (κ3) is 9.20. The highest BCUT2D eigenvalue weighted by Crippen LogP contribution is 2.23. The summed E-state index contributed by atoms with van der Waals surface area (Å²) in [5, 5.41) is 5.57. The van der Waals surface area contributed by atoms with Crippen LogP contribution in [0.3, 0.4) is 0 Å². The molecule has 0 aromatic rings. The van der Waals surface area contributed by atoms with Crippen LogP contribution < -0.4 is 10.6 Å². The molecule has 0 saturated carbocycles. The molecule has 0 aromatic carbocycles. The summed E-state index contributed by atoms with van der Waals surface area (Å²) in [4.78, 5) is 17.1. The van der Waals surface area contributed by atoms with Gasteiger partial charge in [0.05, 0.1) is 6.54 Å². The van der Waals surface area contributed by atoms with E-state index in [1.807, 2.05) is 27.0 Å². The zero-order valence-electron chi connectivity index (χ0n) is 18.0.